The molecule has 3 amide bonds. The zero-order valence-electron chi connectivity index (χ0n) is 80.6. The van der Waals surface area contributed by atoms with Crippen LogP contribution in [0.2, 0.25) is 30.1 Å². The standard InChI is InChI=1S/C35H42Cl2N6O6.C33H36Cl2N6O6.C32H36Cl2N6O6/c1-6-24(44)14-23-19-49-20-26(23)39-35-38-17-22-15-25(30-31(36)27(47-4)16-28(48-5)32(30)37)34(46)43(33(22)40-35)18-21-9-12-42(13-10-21)29(45)8-7-11-41(2)3;1-6-8-27(43)40-10-9-39(3)21(15-40)16-41-31-19(14-36-33(38-31)37-24-18-47-17-20(24)11-22(42)7-2)12-23(32(41)44)28-29(34)25(45-4)13-26(46-5)30(28)35;1-5-21(41)13-20-17-46-18-23(20)36-32-35-16-19-14-22(27-28(33)24(44-3)15-25(45-4)29(27)34)31(43)40(30(19)37-32)12-9-38-7-10-39(11-8-38)26(42)6-2/h6-8,15-17,21,23,26H,1,9-14,18-20H2,2-5H3,(H,38,39,40);7,12-14,20-21,24H,2,9-11,15-18H2,1,3-5H3,(H,36,37,38);5-6,14-16,20,23H,1-2,7-13,17-18H2,3-4H3,(H,35,36,37)/b8-7+;;. The quantitative estimate of drug-likeness (QED) is 0.0245. The molecule has 142 heavy (non-hydrogen) atoms. The number of allylic oxidation sites excluding steroid dienone is 3. The van der Waals surface area contributed by atoms with Crippen molar-refractivity contribution >= 4 is 156 Å². The number of nitrogens with zero attached hydrogens (tertiary/aromatic N) is 15. The lowest BCUT2D eigenvalue weighted by Crippen LogP contribution is -2.55. The molecule has 0 radical (unpaired) electrons. The Labute approximate surface area is 851 Å². The number of fused-ring (bicyclic) bond motifs is 3. The summed E-state index contributed by atoms with van der Waals surface area (Å²) in [7, 11) is 14.6. The maximum absolute atomic E-state index is 14.5. The number of pyridine rings is 3. The number of ether oxygens (including phenoxy) is 9. The molecule has 7 unspecified atom stereocenters. The fraction of sp³-hybridized carbons (Fsp3) is 0.430. The van der Waals surface area contributed by atoms with E-state index in [-0.39, 0.29) is 195 Å². The van der Waals surface area contributed by atoms with Crippen molar-refractivity contribution in [3.63, 3.8) is 0 Å². The van der Waals surface area contributed by atoms with Crippen LogP contribution in [0.15, 0.2) is 132 Å². The lowest BCUT2D eigenvalue weighted by molar-refractivity contribution is -0.128. The molecular formula is C100H114Cl6N18O18. The van der Waals surface area contributed by atoms with E-state index in [9.17, 15) is 43.2 Å². The second-order valence-electron chi connectivity index (χ2n) is 35.1. The molecule has 754 valence electrons. The van der Waals surface area contributed by atoms with Crippen LogP contribution in [0.25, 0.3) is 66.5 Å². The van der Waals surface area contributed by atoms with E-state index in [4.69, 9.17) is 127 Å². The van der Waals surface area contributed by atoms with Gasteiger partial charge < -0.3 is 78.2 Å². The molecule has 7 atom stereocenters. The van der Waals surface area contributed by atoms with Gasteiger partial charge in [0.15, 0.2) is 17.3 Å². The van der Waals surface area contributed by atoms with Crippen molar-refractivity contribution in [3.8, 4) is 79.7 Å². The number of methoxy groups -OCH3 is 6. The van der Waals surface area contributed by atoms with Crippen LogP contribution >= 0.6 is 69.6 Å². The highest BCUT2D eigenvalue weighted by atomic mass is 35.5. The van der Waals surface area contributed by atoms with Crippen molar-refractivity contribution in [2.45, 2.75) is 82.8 Å². The first kappa shape index (κ1) is 107. The van der Waals surface area contributed by atoms with Crippen LogP contribution in [0.1, 0.15) is 39.0 Å². The summed E-state index contributed by atoms with van der Waals surface area (Å²) in [5.74, 6) is 7.19. The van der Waals surface area contributed by atoms with Crippen molar-refractivity contribution in [1.82, 2.24) is 73.0 Å². The number of benzene rings is 3. The third-order valence-electron chi connectivity index (χ3n) is 25.9. The Balaban J connectivity index is 0.000000179. The second-order valence-corrected chi connectivity index (χ2v) is 37.3. The minimum absolute atomic E-state index is 0.0198. The van der Waals surface area contributed by atoms with Crippen LogP contribution in [0.3, 0.4) is 0 Å². The molecule has 0 spiro atoms. The summed E-state index contributed by atoms with van der Waals surface area (Å²) in [6, 6.07) is 8.80. The van der Waals surface area contributed by atoms with Gasteiger partial charge in [-0.05, 0) is 95.2 Å². The molecule has 0 saturated carbocycles. The van der Waals surface area contributed by atoms with E-state index in [0.717, 1.165) is 0 Å². The zero-order chi connectivity index (χ0) is 102. The molecule has 36 nitrogen and oxygen atoms in total. The van der Waals surface area contributed by atoms with Crippen molar-refractivity contribution in [2.24, 2.45) is 23.7 Å². The van der Waals surface area contributed by atoms with E-state index < -0.39 is 5.56 Å². The average molecular weight is 2070 g/mol. The van der Waals surface area contributed by atoms with Crippen molar-refractivity contribution in [1.29, 1.82) is 0 Å². The Hall–Kier alpha value is -12.1. The number of carbonyl (C=O) groups excluding carboxylic acids is 6. The number of halogens is 6. The maximum atomic E-state index is 14.5. The van der Waals surface area contributed by atoms with E-state index in [1.807, 2.05) is 37.0 Å². The Morgan fingerprint density at radius 2 is 0.824 bits per heavy atom. The van der Waals surface area contributed by atoms with Gasteiger partial charge in [-0.3, -0.25) is 66.7 Å². The first-order valence-corrected chi connectivity index (χ1v) is 48.3. The van der Waals surface area contributed by atoms with E-state index in [0.29, 0.717) is 212 Å². The third-order valence-corrected chi connectivity index (χ3v) is 28.2. The molecule has 6 fully saturated rings. The van der Waals surface area contributed by atoms with Gasteiger partial charge >= 0.3 is 0 Å². The molecule has 12 heterocycles. The number of likely N-dealkylation sites (tertiary alicyclic amines) is 1. The van der Waals surface area contributed by atoms with Gasteiger partial charge in [-0.1, -0.05) is 108 Å². The van der Waals surface area contributed by atoms with E-state index in [2.05, 4.69) is 78.9 Å². The Bertz CT molecular complexity index is 6510. The van der Waals surface area contributed by atoms with Gasteiger partial charge in [-0.2, -0.15) is 15.0 Å². The maximum Gasteiger partial charge on any atom is 0.298 e. The van der Waals surface area contributed by atoms with Gasteiger partial charge in [0, 0.05) is 210 Å². The number of piperazine rings is 2. The van der Waals surface area contributed by atoms with Crippen LogP contribution in [0, 0.1) is 35.5 Å². The summed E-state index contributed by atoms with van der Waals surface area (Å²) in [5.41, 5.74) is 1.56. The van der Waals surface area contributed by atoms with Gasteiger partial charge in [0.05, 0.1) is 147 Å². The number of amides is 3. The van der Waals surface area contributed by atoms with Crippen LogP contribution in [0.4, 0.5) is 17.8 Å². The fourth-order valence-corrected chi connectivity index (χ4v) is 20.0. The zero-order valence-corrected chi connectivity index (χ0v) is 85.1. The fourth-order valence-electron chi connectivity index (χ4n) is 17.9. The first-order valence-electron chi connectivity index (χ1n) is 46.0. The highest BCUT2D eigenvalue weighted by Crippen LogP contribution is 2.49. The Morgan fingerprint density at radius 1 is 0.465 bits per heavy atom. The molecule has 6 aromatic heterocycles. The molecule has 0 bridgehead atoms. The summed E-state index contributed by atoms with van der Waals surface area (Å²) in [5, 5.41) is 12.6. The summed E-state index contributed by atoms with van der Waals surface area (Å²) < 4.78 is 54.5. The minimum atomic E-state index is -0.412. The normalized spacial score (nSPS) is 18.8. The molecule has 6 saturated heterocycles. The van der Waals surface area contributed by atoms with Crippen molar-refractivity contribution in [3.05, 3.63) is 179 Å². The molecule has 6 aliphatic heterocycles. The van der Waals surface area contributed by atoms with Gasteiger partial charge in [0.25, 0.3) is 22.6 Å². The summed E-state index contributed by atoms with van der Waals surface area (Å²) in [4.78, 5) is 157. The summed E-state index contributed by atoms with van der Waals surface area (Å²) in [6.07, 6.45) is 15.9. The molecule has 42 heteroatoms. The molecule has 6 aliphatic rings. The minimum Gasteiger partial charge on any atom is -0.495 e. The average Bonchev–Trinajstić information content (AvgIpc) is 0.786. The number of piperidine rings is 1. The summed E-state index contributed by atoms with van der Waals surface area (Å²) >= 11 is 40.6. The van der Waals surface area contributed by atoms with E-state index >= 15 is 0 Å². The number of hydrogen-bond donors (Lipinski definition) is 3. The predicted molar refractivity (Wildman–Crippen MR) is 548 cm³/mol. The number of likely N-dealkylation sites (N-methyl/N-ethyl adjacent to an activating group) is 2. The highest BCUT2D eigenvalue weighted by Gasteiger charge is 2.38. The third kappa shape index (κ3) is 24.9. The van der Waals surface area contributed by atoms with Crippen molar-refractivity contribution < 1.29 is 71.4 Å². The van der Waals surface area contributed by atoms with Gasteiger partial charge in [-0.25, -0.2) is 15.0 Å². The number of anilines is 3. The lowest BCUT2D eigenvalue weighted by atomic mass is 9.96. The molecular weight excluding hydrogens is 1950 g/mol. The first-order chi connectivity index (χ1) is 68.3. The topological polar surface area (TPSA) is 384 Å². The van der Waals surface area contributed by atoms with Gasteiger partial charge in [-0.15, -0.1) is 0 Å². The van der Waals surface area contributed by atoms with Crippen molar-refractivity contribution in [2.75, 3.05) is 191 Å². The van der Waals surface area contributed by atoms with Crippen LogP contribution in [-0.2, 0) is 62.6 Å². The Morgan fingerprint density at radius 3 is 1.18 bits per heavy atom. The monoisotopic (exact) mass is 2060 g/mol. The number of ketones is 3. The number of hydrogen-bond acceptors (Lipinski definition) is 30. The van der Waals surface area contributed by atoms with Crippen LogP contribution in [-0.4, -0.2) is 308 Å². The summed E-state index contributed by atoms with van der Waals surface area (Å²) in [6.45, 7) is 25.3. The molecule has 3 N–H and O–H groups in total. The molecule has 3 aromatic carbocycles. The lowest BCUT2D eigenvalue weighted by Gasteiger charge is -2.39. The van der Waals surface area contributed by atoms with Gasteiger partial charge in [0.2, 0.25) is 29.7 Å². The van der Waals surface area contributed by atoms with Crippen LogP contribution < -0.4 is 61.0 Å². The number of aromatic nitrogens is 9. The predicted octanol–water partition coefficient (Wildman–Crippen LogP) is 11.9. The van der Waals surface area contributed by atoms with Crippen LogP contribution in [0.5, 0.6) is 34.5 Å². The molecule has 0 aliphatic carbocycles. The van der Waals surface area contributed by atoms with E-state index in [1.54, 1.807) is 91.5 Å². The Kier molecular flexibility index (Phi) is 37.2. The second kappa shape index (κ2) is 49.3. The number of nitrogens with one attached hydrogen (secondary N) is 3. The SMILES string of the molecule is C=CC(=O)CC1COCC1Nc1ncc2cc(-c3c(Cl)c(OC)cc(OC)c3Cl)c(=O)n(CC3CCN(C(=O)/C=C/CN(C)C)CC3)c2n1.C=CC(=O)CC1COCC1Nc1ncc2cc(-c3c(Cl)c(OC)cc(OC)c3Cl)c(=O)n(CC3CN(C(=O)C#CC)CCN3C)c2n1.C=CC(=O)CC1COCC1Nc1ncc2cc(-c3c(Cl)c(OC)cc(OC)c3Cl)c(=O)n(CCN3CCN(C(=O)C=C)CC3)c2n1. The van der Waals surface area contributed by atoms with E-state index in [1.165, 1.54) is 67.0 Å². The smallest absolute Gasteiger partial charge is 0.298 e. The van der Waals surface area contributed by atoms with Gasteiger partial charge in [0.1, 0.15) is 51.4 Å². The highest BCUT2D eigenvalue weighted by molar-refractivity contribution is 6.43. The largest absolute Gasteiger partial charge is 0.495 e. The number of rotatable bonds is 35. The number of carbonyl (C=O) groups is 6. The molecule has 15 rings (SSSR count). The molecule has 9 aromatic rings.